The number of carbonyl (C=O) groups excluding carboxylic acids is 1. The number of benzene rings is 2. The second kappa shape index (κ2) is 10.2. The maximum atomic E-state index is 12.4. The second-order valence-electron chi connectivity index (χ2n) is 6.39. The molecule has 26 heavy (non-hydrogen) atoms. The van der Waals surface area contributed by atoms with E-state index in [4.69, 9.17) is 16.3 Å². The quantitative estimate of drug-likeness (QED) is 0.707. The van der Waals surface area contributed by atoms with Gasteiger partial charge in [0, 0.05) is 10.7 Å². The Kier molecular flexibility index (Phi) is 7.95. The second-order valence-corrected chi connectivity index (χ2v) is 6.83. The number of carbonyl (C=O) groups is 1. The highest BCUT2D eigenvalue weighted by atomic mass is 35.5. The van der Waals surface area contributed by atoms with Gasteiger partial charge in [0.05, 0.1) is 7.05 Å². The smallest absolute Gasteiger partial charge is 0.279 e. The van der Waals surface area contributed by atoms with Gasteiger partial charge in [-0.3, -0.25) is 4.79 Å². The number of likely N-dealkylation sites (N-methyl/N-ethyl adjacent to an activating group) is 1. The Morgan fingerprint density at radius 2 is 1.69 bits per heavy atom. The summed E-state index contributed by atoms with van der Waals surface area (Å²) in [5, 5.41) is 3.80. The molecule has 0 aliphatic heterocycles. The van der Waals surface area contributed by atoms with Crippen molar-refractivity contribution in [3.05, 3.63) is 58.6 Å². The number of quaternary nitrogens is 1. The molecule has 0 radical (unpaired) electrons. The Labute approximate surface area is 161 Å². The summed E-state index contributed by atoms with van der Waals surface area (Å²) in [6.45, 7) is 5.91. The van der Waals surface area contributed by atoms with Crippen molar-refractivity contribution in [3.63, 3.8) is 0 Å². The van der Waals surface area contributed by atoms with Gasteiger partial charge >= 0.3 is 0 Å². The third kappa shape index (κ3) is 6.04. The standard InChI is InChI=1S/C21H27ClN2O2/c1-4-16-7-6-8-17(5-2)21(16)23-20(25)15-24(3)13-14-26-19-11-9-18(22)10-12-19/h6-12H,4-5,13-15H2,1-3H3,(H,23,25)/p+1. The number of anilines is 1. The minimum Gasteiger partial charge on any atom is -0.488 e. The first-order valence-electron chi connectivity index (χ1n) is 9.13. The van der Waals surface area contributed by atoms with E-state index in [9.17, 15) is 4.79 Å². The molecule has 2 aromatic rings. The van der Waals surface area contributed by atoms with Gasteiger partial charge in [-0.1, -0.05) is 43.6 Å². The van der Waals surface area contributed by atoms with Crippen LogP contribution >= 0.6 is 11.6 Å². The zero-order valence-electron chi connectivity index (χ0n) is 15.8. The monoisotopic (exact) mass is 375 g/mol. The lowest BCUT2D eigenvalue weighted by Gasteiger charge is -2.17. The fourth-order valence-corrected chi connectivity index (χ4v) is 2.95. The first-order chi connectivity index (χ1) is 12.5. The van der Waals surface area contributed by atoms with E-state index >= 15 is 0 Å². The third-order valence-electron chi connectivity index (χ3n) is 4.34. The minimum absolute atomic E-state index is 0.0320. The largest absolute Gasteiger partial charge is 0.488 e. The van der Waals surface area contributed by atoms with Crippen molar-refractivity contribution in [1.82, 2.24) is 0 Å². The Morgan fingerprint density at radius 3 is 2.27 bits per heavy atom. The van der Waals surface area contributed by atoms with Crippen molar-refractivity contribution in [2.24, 2.45) is 0 Å². The molecular formula is C21H28ClN2O2+. The lowest BCUT2D eigenvalue weighted by atomic mass is 10.0. The molecule has 0 saturated carbocycles. The molecule has 4 nitrogen and oxygen atoms in total. The first-order valence-corrected chi connectivity index (χ1v) is 9.51. The lowest BCUT2D eigenvalue weighted by molar-refractivity contribution is -0.871. The highest BCUT2D eigenvalue weighted by Gasteiger charge is 2.14. The molecule has 0 heterocycles. The van der Waals surface area contributed by atoms with E-state index in [1.54, 1.807) is 12.1 Å². The number of halogens is 1. The number of amides is 1. The van der Waals surface area contributed by atoms with Crippen LogP contribution in [0.2, 0.25) is 5.02 Å². The van der Waals surface area contributed by atoms with Gasteiger partial charge in [-0.2, -0.15) is 0 Å². The van der Waals surface area contributed by atoms with Crippen molar-refractivity contribution < 1.29 is 14.4 Å². The minimum atomic E-state index is 0.0320. The average molecular weight is 376 g/mol. The van der Waals surface area contributed by atoms with Crippen LogP contribution in [0, 0.1) is 0 Å². The Hall–Kier alpha value is -2.04. The van der Waals surface area contributed by atoms with E-state index in [1.165, 1.54) is 11.1 Å². The van der Waals surface area contributed by atoms with Crippen LogP contribution in [0.25, 0.3) is 0 Å². The normalized spacial score (nSPS) is 11.8. The molecule has 0 aromatic heterocycles. The van der Waals surface area contributed by atoms with E-state index in [2.05, 4.69) is 37.4 Å². The van der Waals surface area contributed by atoms with Crippen LogP contribution in [-0.2, 0) is 17.6 Å². The molecule has 2 N–H and O–H groups in total. The predicted octanol–water partition coefficient (Wildman–Crippen LogP) is 3.00. The van der Waals surface area contributed by atoms with Gasteiger partial charge in [0.15, 0.2) is 6.54 Å². The van der Waals surface area contributed by atoms with Crippen LogP contribution in [0.15, 0.2) is 42.5 Å². The molecule has 0 aliphatic carbocycles. The lowest BCUT2D eigenvalue weighted by Crippen LogP contribution is -3.10. The van der Waals surface area contributed by atoms with Crippen LogP contribution in [0.1, 0.15) is 25.0 Å². The summed E-state index contributed by atoms with van der Waals surface area (Å²) in [7, 11) is 2.00. The van der Waals surface area contributed by atoms with Crippen LogP contribution in [-0.4, -0.2) is 32.7 Å². The van der Waals surface area contributed by atoms with Crippen LogP contribution in [0.3, 0.4) is 0 Å². The summed E-state index contributed by atoms with van der Waals surface area (Å²) in [5.41, 5.74) is 3.34. The number of nitrogens with one attached hydrogen (secondary N) is 2. The molecule has 2 aromatic carbocycles. The predicted molar refractivity (Wildman–Crippen MR) is 107 cm³/mol. The highest BCUT2D eigenvalue weighted by Crippen LogP contribution is 2.22. The molecule has 140 valence electrons. The van der Waals surface area contributed by atoms with E-state index < -0.39 is 0 Å². The number of ether oxygens (including phenoxy) is 1. The van der Waals surface area contributed by atoms with Crippen molar-refractivity contribution in [3.8, 4) is 5.75 Å². The molecule has 1 amide bonds. The molecule has 0 spiro atoms. The number of hydrogen-bond acceptors (Lipinski definition) is 2. The molecule has 5 heteroatoms. The van der Waals surface area contributed by atoms with E-state index in [-0.39, 0.29) is 5.91 Å². The summed E-state index contributed by atoms with van der Waals surface area (Å²) in [5.74, 6) is 0.820. The third-order valence-corrected chi connectivity index (χ3v) is 4.59. The maximum Gasteiger partial charge on any atom is 0.279 e. The van der Waals surface area contributed by atoms with Gasteiger partial charge in [0.1, 0.15) is 18.9 Å². The molecule has 1 atom stereocenters. The number of hydrogen-bond donors (Lipinski definition) is 2. The Morgan fingerprint density at radius 1 is 1.08 bits per heavy atom. The van der Waals surface area contributed by atoms with Gasteiger partial charge in [0.25, 0.3) is 5.91 Å². The molecule has 2 rings (SSSR count). The summed E-state index contributed by atoms with van der Waals surface area (Å²) < 4.78 is 5.69. The zero-order chi connectivity index (χ0) is 18.9. The highest BCUT2D eigenvalue weighted by molar-refractivity contribution is 6.30. The first kappa shape index (κ1) is 20.3. The number of aryl methyl sites for hydroxylation is 2. The average Bonchev–Trinajstić information content (AvgIpc) is 2.63. The molecule has 0 bridgehead atoms. The summed E-state index contributed by atoms with van der Waals surface area (Å²) in [6.07, 6.45) is 1.81. The molecule has 0 saturated heterocycles. The molecular weight excluding hydrogens is 348 g/mol. The summed E-state index contributed by atoms with van der Waals surface area (Å²) in [4.78, 5) is 13.5. The molecule has 0 fully saturated rings. The van der Waals surface area contributed by atoms with Crippen LogP contribution in [0.5, 0.6) is 5.75 Å². The SMILES string of the molecule is CCc1cccc(CC)c1NC(=O)C[NH+](C)CCOc1ccc(Cl)cc1. The Bertz CT molecular complexity index is 694. The van der Waals surface area contributed by atoms with Crippen LogP contribution in [0.4, 0.5) is 5.69 Å². The molecule has 0 aliphatic rings. The van der Waals surface area contributed by atoms with E-state index in [0.717, 1.165) is 35.7 Å². The maximum absolute atomic E-state index is 12.4. The van der Waals surface area contributed by atoms with Gasteiger partial charge in [-0.25, -0.2) is 0 Å². The van der Waals surface area contributed by atoms with Crippen molar-refractivity contribution in [1.29, 1.82) is 0 Å². The van der Waals surface area contributed by atoms with Gasteiger partial charge in [-0.15, -0.1) is 0 Å². The van der Waals surface area contributed by atoms with E-state index in [1.807, 2.05) is 19.2 Å². The number of para-hydroxylation sites is 1. The van der Waals surface area contributed by atoms with Gasteiger partial charge < -0.3 is 15.0 Å². The zero-order valence-corrected chi connectivity index (χ0v) is 16.5. The van der Waals surface area contributed by atoms with Crippen molar-refractivity contribution in [2.45, 2.75) is 26.7 Å². The Balaban J connectivity index is 1.83. The van der Waals surface area contributed by atoms with Crippen molar-refractivity contribution >= 4 is 23.2 Å². The fraction of sp³-hybridized carbons (Fsp3) is 0.381. The van der Waals surface area contributed by atoms with Crippen molar-refractivity contribution in [2.75, 3.05) is 32.1 Å². The summed E-state index contributed by atoms with van der Waals surface area (Å²) in [6, 6.07) is 13.5. The summed E-state index contributed by atoms with van der Waals surface area (Å²) >= 11 is 5.86. The van der Waals surface area contributed by atoms with Gasteiger partial charge in [0.2, 0.25) is 0 Å². The molecule has 1 unspecified atom stereocenters. The number of rotatable bonds is 9. The van der Waals surface area contributed by atoms with Gasteiger partial charge in [-0.05, 0) is 48.2 Å². The fourth-order valence-electron chi connectivity index (χ4n) is 2.82. The topological polar surface area (TPSA) is 42.8 Å². The van der Waals surface area contributed by atoms with Crippen LogP contribution < -0.4 is 15.0 Å². The van der Waals surface area contributed by atoms with E-state index in [0.29, 0.717) is 18.2 Å².